The van der Waals surface area contributed by atoms with Crippen LogP contribution in [-0.4, -0.2) is 10.9 Å². The van der Waals surface area contributed by atoms with Crippen molar-refractivity contribution in [1.82, 2.24) is 4.98 Å². The number of hydrogen-bond donors (Lipinski definition) is 2. The summed E-state index contributed by atoms with van der Waals surface area (Å²) in [6.45, 7) is 0. The number of aromatic nitrogens is 1. The van der Waals surface area contributed by atoms with Crippen LogP contribution in [0.2, 0.25) is 0 Å². The summed E-state index contributed by atoms with van der Waals surface area (Å²) >= 11 is 3.39. The fourth-order valence-electron chi connectivity index (χ4n) is 2.16. The molecule has 0 aliphatic carbocycles. The van der Waals surface area contributed by atoms with Crippen molar-refractivity contribution in [2.75, 3.05) is 10.6 Å². The lowest BCUT2D eigenvalue weighted by atomic mass is 10.2. The van der Waals surface area contributed by atoms with E-state index in [0.717, 1.165) is 15.8 Å². The predicted molar refractivity (Wildman–Crippen MR) is 101 cm³/mol. The van der Waals surface area contributed by atoms with Gasteiger partial charge in [-0.15, -0.1) is 0 Å². The average molecular weight is 393 g/mol. The largest absolute Gasteiger partial charge is 0.355 e. The van der Waals surface area contributed by atoms with Crippen molar-refractivity contribution in [2.45, 2.75) is 0 Å². The highest BCUT2D eigenvalue weighted by Crippen LogP contribution is 2.20. The van der Waals surface area contributed by atoms with E-state index in [1.165, 1.54) is 0 Å². The fraction of sp³-hybridized carbons (Fsp3) is 0. The first kappa shape index (κ1) is 16.7. The molecule has 6 heteroatoms. The number of nitriles is 1. The van der Waals surface area contributed by atoms with Gasteiger partial charge in [-0.3, -0.25) is 9.78 Å². The Hall–Kier alpha value is -3.17. The maximum Gasteiger partial charge on any atom is 0.274 e. The minimum absolute atomic E-state index is 0.298. The van der Waals surface area contributed by atoms with Crippen molar-refractivity contribution in [2.24, 2.45) is 0 Å². The van der Waals surface area contributed by atoms with E-state index in [-0.39, 0.29) is 5.91 Å². The van der Waals surface area contributed by atoms with Gasteiger partial charge in [-0.2, -0.15) is 5.26 Å². The van der Waals surface area contributed by atoms with Gasteiger partial charge in [0.25, 0.3) is 5.91 Å². The van der Waals surface area contributed by atoms with Crippen LogP contribution >= 0.6 is 15.9 Å². The smallest absolute Gasteiger partial charge is 0.274 e. The van der Waals surface area contributed by atoms with Crippen molar-refractivity contribution in [3.8, 4) is 6.07 Å². The zero-order valence-corrected chi connectivity index (χ0v) is 14.6. The number of rotatable bonds is 4. The molecule has 1 aromatic heterocycles. The van der Waals surface area contributed by atoms with E-state index in [0.29, 0.717) is 16.9 Å². The van der Waals surface area contributed by atoms with Gasteiger partial charge in [-0.1, -0.05) is 15.9 Å². The Labute approximate surface area is 153 Å². The number of hydrogen-bond acceptors (Lipinski definition) is 4. The molecule has 1 heterocycles. The highest BCUT2D eigenvalue weighted by molar-refractivity contribution is 9.10. The van der Waals surface area contributed by atoms with Crippen LogP contribution in [0.3, 0.4) is 0 Å². The molecule has 0 aliphatic rings. The Morgan fingerprint density at radius 3 is 2.32 bits per heavy atom. The zero-order chi connectivity index (χ0) is 17.6. The molecular formula is C19H13BrN4O. The van der Waals surface area contributed by atoms with Crippen LogP contribution in [0.5, 0.6) is 0 Å². The van der Waals surface area contributed by atoms with E-state index >= 15 is 0 Å². The number of amides is 1. The van der Waals surface area contributed by atoms with Gasteiger partial charge in [-0.05, 0) is 60.7 Å². The lowest BCUT2D eigenvalue weighted by Gasteiger charge is -2.09. The van der Waals surface area contributed by atoms with Crippen LogP contribution in [0.4, 0.5) is 17.1 Å². The summed E-state index contributed by atoms with van der Waals surface area (Å²) in [6.07, 6.45) is 1.58. The SMILES string of the molecule is N#Cc1ccc(NC(=O)c2cc(Nc3ccc(Br)cc3)ccn2)cc1. The molecule has 1 amide bonds. The molecule has 5 nitrogen and oxygen atoms in total. The maximum atomic E-state index is 12.3. The first-order chi connectivity index (χ1) is 12.1. The average Bonchev–Trinajstić information content (AvgIpc) is 2.64. The van der Waals surface area contributed by atoms with E-state index in [4.69, 9.17) is 5.26 Å². The molecule has 3 aromatic rings. The number of benzene rings is 2. The highest BCUT2D eigenvalue weighted by atomic mass is 79.9. The molecule has 0 saturated heterocycles. The summed E-state index contributed by atoms with van der Waals surface area (Å²) in [5.41, 5.74) is 3.12. The monoisotopic (exact) mass is 392 g/mol. The topological polar surface area (TPSA) is 77.8 Å². The molecule has 0 saturated carbocycles. The Morgan fingerprint density at radius 2 is 1.64 bits per heavy atom. The Bertz CT molecular complexity index is 931. The van der Waals surface area contributed by atoms with E-state index in [2.05, 4.69) is 31.5 Å². The number of carbonyl (C=O) groups excluding carboxylic acids is 1. The molecule has 122 valence electrons. The standard InChI is InChI=1S/C19H13BrN4O/c20-14-3-7-15(8-4-14)23-17-9-10-22-18(11-17)19(25)24-16-5-1-13(12-21)2-6-16/h1-11H,(H,22,23)(H,24,25). The number of nitrogens with zero attached hydrogens (tertiary/aromatic N) is 2. The maximum absolute atomic E-state index is 12.3. The van der Waals surface area contributed by atoms with Gasteiger partial charge >= 0.3 is 0 Å². The Balaban J connectivity index is 1.72. The lowest BCUT2D eigenvalue weighted by Crippen LogP contribution is -2.13. The van der Waals surface area contributed by atoms with Crippen molar-refractivity contribution < 1.29 is 4.79 Å². The van der Waals surface area contributed by atoms with Crippen LogP contribution in [0.25, 0.3) is 0 Å². The summed E-state index contributed by atoms with van der Waals surface area (Å²) in [5, 5.41) is 14.8. The lowest BCUT2D eigenvalue weighted by molar-refractivity contribution is 0.102. The third-order valence-electron chi connectivity index (χ3n) is 3.40. The van der Waals surface area contributed by atoms with Gasteiger partial charge in [0.2, 0.25) is 0 Å². The van der Waals surface area contributed by atoms with Gasteiger partial charge in [0.1, 0.15) is 5.69 Å². The number of pyridine rings is 1. The molecule has 0 atom stereocenters. The van der Waals surface area contributed by atoms with Crippen molar-refractivity contribution in [1.29, 1.82) is 5.26 Å². The van der Waals surface area contributed by atoms with Gasteiger partial charge in [-0.25, -0.2) is 0 Å². The Morgan fingerprint density at radius 1 is 0.960 bits per heavy atom. The van der Waals surface area contributed by atoms with Gasteiger partial charge in [0, 0.05) is 27.7 Å². The number of nitrogens with one attached hydrogen (secondary N) is 2. The fourth-order valence-corrected chi connectivity index (χ4v) is 2.42. The summed E-state index contributed by atoms with van der Waals surface area (Å²) in [4.78, 5) is 16.5. The van der Waals surface area contributed by atoms with Crippen LogP contribution in [-0.2, 0) is 0 Å². The van der Waals surface area contributed by atoms with Gasteiger partial charge in [0.05, 0.1) is 11.6 Å². The quantitative estimate of drug-likeness (QED) is 0.673. The predicted octanol–water partition coefficient (Wildman–Crippen LogP) is 4.71. The second kappa shape index (κ2) is 7.60. The molecule has 0 spiro atoms. The van der Waals surface area contributed by atoms with Gasteiger partial charge in [0.15, 0.2) is 0 Å². The highest BCUT2D eigenvalue weighted by Gasteiger charge is 2.09. The molecule has 25 heavy (non-hydrogen) atoms. The van der Waals surface area contributed by atoms with Crippen LogP contribution in [0.15, 0.2) is 71.3 Å². The van der Waals surface area contributed by atoms with E-state index in [1.807, 2.05) is 30.3 Å². The van der Waals surface area contributed by atoms with E-state index in [1.54, 1.807) is 42.6 Å². The summed E-state index contributed by atoms with van der Waals surface area (Å²) in [5.74, 6) is -0.316. The molecule has 0 fully saturated rings. The Kier molecular flexibility index (Phi) is 5.07. The summed E-state index contributed by atoms with van der Waals surface area (Å²) in [7, 11) is 0. The van der Waals surface area contributed by atoms with Crippen molar-refractivity contribution >= 4 is 38.9 Å². The van der Waals surface area contributed by atoms with Crippen molar-refractivity contribution in [3.05, 3.63) is 82.6 Å². The zero-order valence-electron chi connectivity index (χ0n) is 13.0. The summed E-state index contributed by atoms with van der Waals surface area (Å²) in [6, 6.07) is 19.9. The molecule has 0 unspecified atom stereocenters. The molecule has 2 aromatic carbocycles. The molecule has 2 N–H and O–H groups in total. The first-order valence-corrected chi connectivity index (χ1v) is 8.23. The molecule has 0 aliphatic heterocycles. The van der Waals surface area contributed by atoms with Crippen LogP contribution in [0, 0.1) is 11.3 Å². The second-order valence-electron chi connectivity index (χ2n) is 5.20. The van der Waals surface area contributed by atoms with E-state index in [9.17, 15) is 4.79 Å². The second-order valence-corrected chi connectivity index (χ2v) is 6.12. The normalized spacial score (nSPS) is 9.92. The molecule has 0 bridgehead atoms. The van der Waals surface area contributed by atoms with Crippen LogP contribution in [0.1, 0.15) is 16.1 Å². The van der Waals surface area contributed by atoms with E-state index < -0.39 is 0 Å². The number of anilines is 3. The minimum atomic E-state index is -0.316. The minimum Gasteiger partial charge on any atom is -0.355 e. The molecular weight excluding hydrogens is 380 g/mol. The van der Waals surface area contributed by atoms with Gasteiger partial charge < -0.3 is 10.6 Å². The van der Waals surface area contributed by atoms with Crippen molar-refractivity contribution in [3.63, 3.8) is 0 Å². The summed E-state index contributed by atoms with van der Waals surface area (Å²) < 4.78 is 0.996. The number of carbonyl (C=O) groups is 1. The molecule has 0 radical (unpaired) electrons. The molecule has 3 rings (SSSR count). The number of halogens is 1. The first-order valence-electron chi connectivity index (χ1n) is 7.44. The van der Waals surface area contributed by atoms with Crippen LogP contribution < -0.4 is 10.6 Å². The third kappa shape index (κ3) is 4.43. The third-order valence-corrected chi connectivity index (χ3v) is 3.93.